The molecule has 1 amide bonds. The molecule has 0 atom stereocenters. The van der Waals surface area contributed by atoms with Crippen LogP contribution in [0, 0.1) is 0 Å². The van der Waals surface area contributed by atoms with Crippen molar-refractivity contribution in [3.8, 4) is 11.5 Å². The molecular formula is C21H26N4O4. The van der Waals surface area contributed by atoms with Crippen LogP contribution in [0.5, 0.6) is 11.5 Å². The lowest BCUT2D eigenvalue weighted by Crippen LogP contribution is -2.37. The molecule has 0 radical (unpaired) electrons. The van der Waals surface area contributed by atoms with Gasteiger partial charge < -0.3 is 19.8 Å². The predicted octanol–water partition coefficient (Wildman–Crippen LogP) is 2.73. The Hall–Kier alpha value is -3.03. The standard InChI is InChI=1S/C21H26N4O4/c1-28-16-10-14-15(11-17(16)29-2)24-20-19(14)22-12-25(21(20)27)9-8-18(26)23-13-6-4-3-5-7-13/h10-13,24H,3-9H2,1-2H3,(H,23,26). The molecule has 4 rings (SSSR count). The molecule has 1 aromatic carbocycles. The molecule has 2 aromatic heterocycles. The van der Waals surface area contributed by atoms with E-state index in [1.165, 1.54) is 30.2 Å². The summed E-state index contributed by atoms with van der Waals surface area (Å²) in [6, 6.07) is 3.87. The molecule has 154 valence electrons. The first-order valence-electron chi connectivity index (χ1n) is 10.0. The fourth-order valence-corrected chi connectivity index (χ4v) is 4.05. The van der Waals surface area contributed by atoms with Crippen molar-refractivity contribution in [3.63, 3.8) is 0 Å². The van der Waals surface area contributed by atoms with Crippen LogP contribution >= 0.6 is 0 Å². The summed E-state index contributed by atoms with van der Waals surface area (Å²) in [4.78, 5) is 32.8. The number of fused-ring (bicyclic) bond motifs is 3. The zero-order chi connectivity index (χ0) is 20.4. The molecule has 0 spiro atoms. The van der Waals surface area contributed by atoms with E-state index >= 15 is 0 Å². The number of rotatable bonds is 6. The van der Waals surface area contributed by atoms with E-state index in [4.69, 9.17) is 9.47 Å². The fraction of sp³-hybridized carbons (Fsp3) is 0.476. The number of hydrogen-bond acceptors (Lipinski definition) is 5. The average Bonchev–Trinajstić information content (AvgIpc) is 3.11. The number of aromatic amines is 1. The number of hydrogen-bond donors (Lipinski definition) is 2. The van der Waals surface area contributed by atoms with Gasteiger partial charge in [-0.05, 0) is 18.9 Å². The third-order valence-corrected chi connectivity index (χ3v) is 5.63. The Balaban J connectivity index is 1.56. The Kier molecular flexibility index (Phi) is 5.42. The van der Waals surface area contributed by atoms with Gasteiger partial charge >= 0.3 is 0 Å². The van der Waals surface area contributed by atoms with E-state index in [0.29, 0.717) is 29.1 Å². The maximum Gasteiger partial charge on any atom is 0.277 e. The van der Waals surface area contributed by atoms with Crippen LogP contribution in [0.4, 0.5) is 0 Å². The van der Waals surface area contributed by atoms with Crippen molar-refractivity contribution >= 4 is 27.8 Å². The number of carbonyl (C=O) groups is 1. The Morgan fingerprint density at radius 3 is 2.66 bits per heavy atom. The van der Waals surface area contributed by atoms with Crippen LogP contribution in [0.25, 0.3) is 21.9 Å². The second-order valence-corrected chi connectivity index (χ2v) is 7.50. The van der Waals surface area contributed by atoms with Crippen molar-refractivity contribution in [3.05, 3.63) is 28.8 Å². The van der Waals surface area contributed by atoms with E-state index in [0.717, 1.165) is 23.7 Å². The SMILES string of the molecule is COc1cc2[nH]c3c(=O)n(CCC(=O)NC4CCCCC4)cnc3c2cc1OC. The van der Waals surface area contributed by atoms with Gasteiger partial charge in [-0.2, -0.15) is 0 Å². The number of methoxy groups -OCH3 is 2. The number of nitrogens with one attached hydrogen (secondary N) is 2. The number of ether oxygens (including phenoxy) is 2. The minimum Gasteiger partial charge on any atom is -0.493 e. The zero-order valence-corrected chi connectivity index (χ0v) is 16.8. The number of amides is 1. The van der Waals surface area contributed by atoms with Crippen molar-refractivity contribution in [2.24, 2.45) is 0 Å². The lowest BCUT2D eigenvalue weighted by molar-refractivity contribution is -0.122. The monoisotopic (exact) mass is 398 g/mol. The molecule has 0 unspecified atom stereocenters. The summed E-state index contributed by atoms with van der Waals surface area (Å²) in [6.45, 7) is 0.294. The van der Waals surface area contributed by atoms with E-state index in [1.807, 2.05) is 0 Å². The largest absolute Gasteiger partial charge is 0.493 e. The molecule has 2 heterocycles. The van der Waals surface area contributed by atoms with Gasteiger partial charge in [0.25, 0.3) is 5.56 Å². The topological polar surface area (TPSA) is 98.2 Å². The van der Waals surface area contributed by atoms with Crippen LogP contribution in [0.15, 0.2) is 23.3 Å². The molecule has 8 heteroatoms. The van der Waals surface area contributed by atoms with Crippen molar-refractivity contribution < 1.29 is 14.3 Å². The summed E-state index contributed by atoms with van der Waals surface area (Å²) in [6.07, 6.45) is 7.42. The van der Waals surface area contributed by atoms with Crippen LogP contribution in [0.3, 0.4) is 0 Å². The molecule has 0 bridgehead atoms. The molecular weight excluding hydrogens is 372 g/mol. The normalized spacial score (nSPS) is 15.0. The van der Waals surface area contributed by atoms with Gasteiger partial charge in [0.1, 0.15) is 11.0 Å². The Bertz CT molecular complexity index is 1100. The quantitative estimate of drug-likeness (QED) is 0.665. The highest BCUT2D eigenvalue weighted by atomic mass is 16.5. The molecule has 1 aliphatic carbocycles. The van der Waals surface area contributed by atoms with Gasteiger partial charge in [-0.15, -0.1) is 0 Å². The Labute approximate surface area is 168 Å². The molecule has 0 saturated heterocycles. The van der Waals surface area contributed by atoms with Crippen LogP contribution in [-0.2, 0) is 11.3 Å². The maximum absolute atomic E-state index is 12.9. The molecule has 2 N–H and O–H groups in total. The maximum atomic E-state index is 12.9. The summed E-state index contributed by atoms with van der Waals surface area (Å²) in [7, 11) is 3.13. The van der Waals surface area contributed by atoms with Crippen molar-refractivity contribution in [2.45, 2.75) is 51.1 Å². The third-order valence-electron chi connectivity index (χ3n) is 5.63. The number of aromatic nitrogens is 3. The first-order valence-corrected chi connectivity index (χ1v) is 10.0. The summed E-state index contributed by atoms with van der Waals surface area (Å²) in [5.74, 6) is 1.13. The van der Waals surface area contributed by atoms with E-state index in [2.05, 4.69) is 15.3 Å². The van der Waals surface area contributed by atoms with Gasteiger partial charge in [0.05, 0.1) is 26.1 Å². The predicted molar refractivity (Wildman–Crippen MR) is 111 cm³/mol. The van der Waals surface area contributed by atoms with Gasteiger partial charge in [0.2, 0.25) is 5.91 Å². The molecule has 1 saturated carbocycles. The summed E-state index contributed by atoms with van der Waals surface area (Å²) >= 11 is 0. The second kappa shape index (κ2) is 8.14. The number of H-pyrrole nitrogens is 1. The highest BCUT2D eigenvalue weighted by Gasteiger charge is 2.17. The van der Waals surface area contributed by atoms with Crippen LogP contribution in [0.1, 0.15) is 38.5 Å². The van der Waals surface area contributed by atoms with Gasteiger partial charge in [0, 0.05) is 30.5 Å². The number of carbonyl (C=O) groups excluding carboxylic acids is 1. The smallest absolute Gasteiger partial charge is 0.277 e. The minimum absolute atomic E-state index is 0.0185. The van der Waals surface area contributed by atoms with Gasteiger partial charge in [-0.3, -0.25) is 14.2 Å². The van der Waals surface area contributed by atoms with E-state index in [9.17, 15) is 9.59 Å². The van der Waals surface area contributed by atoms with E-state index in [1.54, 1.807) is 26.4 Å². The van der Waals surface area contributed by atoms with Crippen LogP contribution in [0.2, 0.25) is 0 Å². The molecule has 1 fully saturated rings. The van der Waals surface area contributed by atoms with Crippen molar-refractivity contribution in [2.75, 3.05) is 14.2 Å². The number of aryl methyl sites for hydroxylation is 1. The van der Waals surface area contributed by atoms with Gasteiger partial charge in [0.15, 0.2) is 11.5 Å². The van der Waals surface area contributed by atoms with Crippen LogP contribution in [-0.4, -0.2) is 40.7 Å². The summed E-state index contributed by atoms with van der Waals surface area (Å²) in [5, 5.41) is 3.87. The highest BCUT2D eigenvalue weighted by molar-refractivity contribution is 6.05. The minimum atomic E-state index is -0.199. The fourth-order valence-electron chi connectivity index (χ4n) is 4.05. The summed E-state index contributed by atoms with van der Waals surface area (Å²) < 4.78 is 12.2. The molecule has 0 aliphatic heterocycles. The van der Waals surface area contributed by atoms with Crippen LogP contribution < -0.4 is 20.3 Å². The van der Waals surface area contributed by atoms with Gasteiger partial charge in [-0.25, -0.2) is 4.98 Å². The van der Waals surface area contributed by atoms with Crippen molar-refractivity contribution in [1.29, 1.82) is 0 Å². The number of nitrogens with zero attached hydrogens (tertiary/aromatic N) is 2. The zero-order valence-electron chi connectivity index (χ0n) is 16.8. The lowest BCUT2D eigenvalue weighted by Gasteiger charge is -2.22. The molecule has 1 aliphatic rings. The molecule has 8 nitrogen and oxygen atoms in total. The average molecular weight is 398 g/mol. The van der Waals surface area contributed by atoms with E-state index < -0.39 is 0 Å². The summed E-state index contributed by atoms with van der Waals surface area (Å²) in [5.41, 5.74) is 1.53. The molecule has 29 heavy (non-hydrogen) atoms. The van der Waals surface area contributed by atoms with E-state index in [-0.39, 0.29) is 23.9 Å². The Morgan fingerprint density at radius 2 is 1.93 bits per heavy atom. The van der Waals surface area contributed by atoms with Crippen molar-refractivity contribution in [1.82, 2.24) is 19.9 Å². The Morgan fingerprint density at radius 1 is 1.21 bits per heavy atom. The first-order chi connectivity index (χ1) is 14.1. The molecule has 3 aromatic rings. The number of benzene rings is 1. The van der Waals surface area contributed by atoms with Gasteiger partial charge in [-0.1, -0.05) is 19.3 Å². The highest BCUT2D eigenvalue weighted by Crippen LogP contribution is 2.34. The second-order valence-electron chi connectivity index (χ2n) is 7.50. The third kappa shape index (κ3) is 3.79. The lowest BCUT2D eigenvalue weighted by atomic mass is 9.95. The first kappa shape index (κ1) is 19.3.